The quantitative estimate of drug-likeness (QED) is 0.0222. The van der Waals surface area contributed by atoms with E-state index < -0.39 is 97.5 Å². The minimum atomic E-state index is -4.94. The lowest BCUT2D eigenvalue weighted by Gasteiger charge is -2.21. The number of phosphoric ester groups is 2. The van der Waals surface area contributed by atoms with Crippen LogP contribution in [0.2, 0.25) is 0 Å². The van der Waals surface area contributed by atoms with Crippen LogP contribution in [0.4, 0.5) is 0 Å². The molecule has 0 heterocycles. The molecule has 0 saturated heterocycles. The van der Waals surface area contributed by atoms with Crippen molar-refractivity contribution in [1.82, 2.24) is 0 Å². The first-order valence-electron chi connectivity index (χ1n) is 31.5. The molecule has 0 aliphatic rings. The number of rotatable bonds is 59. The van der Waals surface area contributed by atoms with Crippen LogP contribution in [-0.2, 0) is 65.4 Å². The molecule has 0 spiro atoms. The highest BCUT2D eigenvalue weighted by atomic mass is 31.2. The third-order valence-electron chi connectivity index (χ3n) is 13.7. The van der Waals surface area contributed by atoms with Gasteiger partial charge >= 0.3 is 39.5 Å². The molecule has 17 nitrogen and oxygen atoms in total. The third kappa shape index (κ3) is 55.0. The van der Waals surface area contributed by atoms with Gasteiger partial charge in [0.2, 0.25) is 0 Å². The Bertz CT molecular complexity index is 1560. The van der Waals surface area contributed by atoms with Gasteiger partial charge in [0.05, 0.1) is 26.4 Å². The molecule has 19 heteroatoms. The second-order valence-corrected chi connectivity index (χ2v) is 25.6. The fourth-order valence-electron chi connectivity index (χ4n) is 8.82. The van der Waals surface area contributed by atoms with Crippen LogP contribution in [0, 0.1) is 11.8 Å². The summed E-state index contributed by atoms with van der Waals surface area (Å²) in [6.45, 7) is 9.30. The number of hydrogen-bond acceptors (Lipinski definition) is 15. The van der Waals surface area contributed by atoms with Gasteiger partial charge < -0.3 is 33.8 Å². The van der Waals surface area contributed by atoms with E-state index in [9.17, 15) is 43.2 Å². The molecular formula is C60H116O17P2. The second-order valence-electron chi connectivity index (χ2n) is 22.7. The van der Waals surface area contributed by atoms with Crippen molar-refractivity contribution in [3.8, 4) is 0 Å². The Hall–Kier alpha value is -1.94. The fraction of sp³-hybridized carbons (Fsp3) is 0.933. The number of carbonyl (C=O) groups excluding carboxylic acids is 4. The lowest BCUT2D eigenvalue weighted by Crippen LogP contribution is -2.30. The average Bonchev–Trinajstić information content (AvgIpc) is 3.40. The zero-order valence-corrected chi connectivity index (χ0v) is 52.4. The van der Waals surface area contributed by atoms with Gasteiger partial charge in [-0.25, -0.2) is 9.13 Å². The summed E-state index contributed by atoms with van der Waals surface area (Å²) >= 11 is 0. The maximum absolute atomic E-state index is 12.9. The van der Waals surface area contributed by atoms with Crippen LogP contribution in [0.3, 0.4) is 0 Å². The Kier molecular flexibility index (Phi) is 51.5. The first-order chi connectivity index (χ1) is 37.9. The van der Waals surface area contributed by atoms with Crippen molar-refractivity contribution in [1.29, 1.82) is 0 Å². The van der Waals surface area contributed by atoms with Crippen LogP contribution in [0.5, 0.6) is 0 Å². The summed E-state index contributed by atoms with van der Waals surface area (Å²) in [5, 5.41) is 10.5. The van der Waals surface area contributed by atoms with Crippen molar-refractivity contribution >= 4 is 39.5 Å². The van der Waals surface area contributed by atoms with Crippen LogP contribution in [0.25, 0.3) is 0 Å². The average molecular weight is 1170 g/mol. The van der Waals surface area contributed by atoms with Crippen molar-refractivity contribution in [2.24, 2.45) is 11.8 Å². The molecule has 0 aliphatic heterocycles. The number of hydrogen-bond donors (Lipinski definition) is 3. The van der Waals surface area contributed by atoms with Crippen molar-refractivity contribution in [3.05, 3.63) is 0 Å². The van der Waals surface area contributed by atoms with E-state index in [1.54, 1.807) is 0 Å². The number of phosphoric acid groups is 2. The molecule has 79 heavy (non-hydrogen) atoms. The van der Waals surface area contributed by atoms with Crippen LogP contribution in [0.15, 0.2) is 0 Å². The Morgan fingerprint density at radius 3 is 0.861 bits per heavy atom. The first kappa shape index (κ1) is 77.1. The molecule has 5 atom stereocenters. The minimum absolute atomic E-state index is 0.103. The van der Waals surface area contributed by atoms with Gasteiger partial charge in [0.1, 0.15) is 19.3 Å². The molecule has 2 unspecified atom stereocenters. The predicted molar refractivity (Wildman–Crippen MR) is 312 cm³/mol. The zero-order chi connectivity index (χ0) is 58.7. The highest BCUT2D eigenvalue weighted by Gasteiger charge is 2.30. The van der Waals surface area contributed by atoms with Gasteiger partial charge in [-0.1, -0.05) is 241 Å². The third-order valence-corrected chi connectivity index (χ3v) is 15.6. The van der Waals surface area contributed by atoms with E-state index in [4.69, 9.17) is 37.0 Å². The Balaban J connectivity index is 5.19. The molecule has 0 fully saturated rings. The topological polar surface area (TPSA) is 237 Å². The summed E-state index contributed by atoms with van der Waals surface area (Å²) in [5.41, 5.74) is 0. The van der Waals surface area contributed by atoms with Crippen molar-refractivity contribution in [2.75, 3.05) is 39.6 Å². The van der Waals surface area contributed by atoms with Gasteiger partial charge in [0, 0.05) is 25.7 Å². The number of aliphatic hydroxyl groups excluding tert-OH is 1. The van der Waals surface area contributed by atoms with E-state index in [-0.39, 0.29) is 25.7 Å². The van der Waals surface area contributed by atoms with Crippen LogP contribution >= 0.6 is 15.6 Å². The largest absolute Gasteiger partial charge is 0.472 e. The molecule has 0 rings (SSSR count). The standard InChI is InChI=1S/C60H116O17P2/c1-7-9-11-13-14-15-16-17-18-26-32-38-44-59(64)77-56(49-71-58(63)43-37-31-25-21-19-23-29-34-40-52(3)4)51-75-79(68,69)73-47-54(61)46-72-78(66,67)74-50-55(48-70-57(62)42-36-28-12-10-8-2)76-60(65)45-39-33-27-22-20-24-30-35-41-53(5)6/h52-56,61H,7-51H2,1-6H3,(H,66,67)(H,68,69)/t54-,55+,56+/m0/s1. The Morgan fingerprint density at radius 2 is 0.582 bits per heavy atom. The van der Waals surface area contributed by atoms with Crippen LogP contribution in [-0.4, -0.2) is 96.7 Å². The highest BCUT2D eigenvalue weighted by molar-refractivity contribution is 7.47. The number of unbranched alkanes of at least 4 members (excludes halogenated alkanes) is 29. The van der Waals surface area contributed by atoms with E-state index in [1.807, 2.05) is 0 Å². The number of aliphatic hydroxyl groups is 1. The first-order valence-corrected chi connectivity index (χ1v) is 34.5. The maximum Gasteiger partial charge on any atom is 0.472 e. The van der Waals surface area contributed by atoms with Crippen molar-refractivity contribution < 1.29 is 80.2 Å². The second kappa shape index (κ2) is 52.8. The maximum atomic E-state index is 12.9. The Morgan fingerprint density at radius 1 is 0.342 bits per heavy atom. The summed E-state index contributed by atoms with van der Waals surface area (Å²) in [6, 6.07) is 0. The molecular weight excluding hydrogens is 1050 g/mol. The summed E-state index contributed by atoms with van der Waals surface area (Å²) < 4.78 is 67.6. The van der Waals surface area contributed by atoms with Crippen LogP contribution < -0.4 is 0 Å². The normalized spacial score (nSPS) is 14.4. The molecule has 3 N–H and O–H groups in total. The van der Waals surface area contributed by atoms with E-state index in [0.29, 0.717) is 25.7 Å². The Labute approximate surface area is 479 Å². The van der Waals surface area contributed by atoms with Gasteiger partial charge in [-0.3, -0.25) is 37.3 Å². The SMILES string of the molecule is CCCCCCCCCCCCCCC(=O)O[C@H](COC(=O)CCCCCCCCCCC(C)C)COP(=O)(O)OC[C@@H](O)COP(=O)(O)OC[C@@H](COC(=O)CCCCCCC)OC(=O)CCCCCCCCCCC(C)C. The van der Waals surface area contributed by atoms with E-state index >= 15 is 0 Å². The van der Waals surface area contributed by atoms with E-state index in [0.717, 1.165) is 108 Å². The van der Waals surface area contributed by atoms with Crippen molar-refractivity contribution in [2.45, 2.75) is 310 Å². The molecule has 0 aromatic carbocycles. The van der Waals surface area contributed by atoms with Crippen molar-refractivity contribution in [3.63, 3.8) is 0 Å². The van der Waals surface area contributed by atoms with Gasteiger partial charge in [-0.15, -0.1) is 0 Å². The summed E-state index contributed by atoms with van der Waals surface area (Å²) in [4.78, 5) is 71.8. The molecule has 0 bridgehead atoms. The predicted octanol–water partition coefficient (Wildman–Crippen LogP) is 16.1. The molecule has 0 aliphatic carbocycles. The molecule has 468 valence electrons. The van der Waals surface area contributed by atoms with E-state index in [2.05, 4.69) is 41.5 Å². The van der Waals surface area contributed by atoms with Gasteiger partial charge in [0.15, 0.2) is 12.2 Å². The van der Waals surface area contributed by atoms with Gasteiger partial charge in [0.25, 0.3) is 0 Å². The number of carbonyl (C=O) groups is 4. The molecule has 0 radical (unpaired) electrons. The lowest BCUT2D eigenvalue weighted by atomic mass is 10.0. The number of ether oxygens (including phenoxy) is 4. The molecule has 0 aromatic rings. The summed E-state index contributed by atoms with van der Waals surface area (Å²) in [6.07, 6.45) is 33.8. The van der Waals surface area contributed by atoms with Crippen LogP contribution in [0.1, 0.15) is 292 Å². The van der Waals surface area contributed by atoms with E-state index in [1.165, 1.54) is 103 Å². The monoisotopic (exact) mass is 1170 g/mol. The molecule has 0 aromatic heterocycles. The van der Waals surface area contributed by atoms with Gasteiger partial charge in [-0.05, 0) is 37.5 Å². The number of esters is 4. The summed E-state index contributed by atoms with van der Waals surface area (Å²) in [5.74, 6) is -0.706. The molecule has 0 saturated carbocycles. The molecule has 0 amide bonds. The zero-order valence-electron chi connectivity index (χ0n) is 50.7. The minimum Gasteiger partial charge on any atom is -0.462 e. The fourth-order valence-corrected chi connectivity index (χ4v) is 10.4. The smallest absolute Gasteiger partial charge is 0.462 e. The van der Waals surface area contributed by atoms with Gasteiger partial charge in [-0.2, -0.15) is 0 Å². The lowest BCUT2D eigenvalue weighted by molar-refractivity contribution is -0.161. The summed E-state index contributed by atoms with van der Waals surface area (Å²) in [7, 11) is -9.87. The highest BCUT2D eigenvalue weighted by Crippen LogP contribution is 2.45.